The predicted molar refractivity (Wildman–Crippen MR) is 110 cm³/mol. The molecule has 6 heteroatoms. The monoisotopic (exact) mass is 451 g/mol. The van der Waals surface area contributed by atoms with E-state index in [0.717, 1.165) is 6.42 Å². The number of fused-ring (bicyclic) bond motifs is 1. The van der Waals surface area contributed by atoms with Gasteiger partial charge in [0.15, 0.2) is 11.6 Å². The molecule has 0 aromatic heterocycles. The summed E-state index contributed by atoms with van der Waals surface area (Å²) >= 11 is 3.16. The molecule has 150 valence electrons. The van der Waals surface area contributed by atoms with Crippen LogP contribution in [0.4, 0.5) is 19.3 Å². The summed E-state index contributed by atoms with van der Waals surface area (Å²) in [6.45, 7) is 5.36. The van der Waals surface area contributed by atoms with E-state index >= 15 is 0 Å². The summed E-state index contributed by atoms with van der Waals surface area (Å²) in [5.74, 6) is -1.91. The minimum atomic E-state index is -0.990. The molecule has 2 aromatic rings. The largest absolute Gasteiger partial charge is 0.443 e. The number of hydrogen-bond donors (Lipinski definition) is 0. The van der Waals surface area contributed by atoms with E-state index in [2.05, 4.69) is 15.9 Å². The number of rotatable bonds is 3. The van der Waals surface area contributed by atoms with Gasteiger partial charge in [-0.05, 0) is 79.6 Å². The summed E-state index contributed by atoms with van der Waals surface area (Å²) in [6.07, 6.45) is 2.17. The quantitative estimate of drug-likeness (QED) is 0.504. The molecule has 0 spiro atoms. The van der Waals surface area contributed by atoms with Crippen molar-refractivity contribution in [2.75, 3.05) is 4.90 Å². The van der Waals surface area contributed by atoms with Crippen LogP contribution in [0, 0.1) is 11.6 Å². The van der Waals surface area contributed by atoms with Crippen LogP contribution in [0.3, 0.4) is 0 Å². The zero-order valence-corrected chi connectivity index (χ0v) is 17.9. The molecule has 3 nitrogen and oxygen atoms in total. The van der Waals surface area contributed by atoms with Crippen molar-refractivity contribution in [1.82, 2.24) is 0 Å². The molecule has 0 saturated carbocycles. The SMILES string of the molecule is CC(C)(C)OC(=O)N1c2c(cc(F)c(F)c2Br)CCC1CCc1ccccc1. The number of anilines is 1. The Balaban J connectivity index is 1.95. The summed E-state index contributed by atoms with van der Waals surface area (Å²) in [5, 5.41) is 0. The van der Waals surface area contributed by atoms with Gasteiger partial charge in [0.25, 0.3) is 0 Å². The van der Waals surface area contributed by atoms with Crippen molar-refractivity contribution in [3.63, 3.8) is 0 Å². The van der Waals surface area contributed by atoms with Crippen LogP contribution in [0.15, 0.2) is 40.9 Å². The van der Waals surface area contributed by atoms with Gasteiger partial charge in [-0.1, -0.05) is 30.3 Å². The summed E-state index contributed by atoms with van der Waals surface area (Å²) in [5.41, 5.74) is 1.45. The molecule has 3 rings (SSSR count). The molecule has 1 atom stereocenters. The number of aryl methyl sites for hydroxylation is 2. The van der Waals surface area contributed by atoms with Crippen LogP contribution in [-0.4, -0.2) is 17.7 Å². The van der Waals surface area contributed by atoms with Gasteiger partial charge in [-0.2, -0.15) is 0 Å². The Morgan fingerprint density at radius 3 is 2.57 bits per heavy atom. The summed E-state index contributed by atoms with van der Waals surface area (Å²) < 4.78 is 33.7. The van der Waals surface area contributed by atoms with E-state index in [1.807, 2.05) is 30.3 Å². The molecule has 1 aliphatic rings. The smallest absolute Gasteiger partial charge is 0.415 e. The Bertz CT molecular complexity index is 865. The molecule has 0 fully saturated rings. The molecule has 2 aromatic carbocycles. The second-order valence-electron chi connectivity index (χ2n) is 8.06. The van der Waals surface area contributed by atoms with Crippen molar-refractivity contribution >= 4 is 27.7 Å². The fourth-order valence-corrected chi connectivity index (χ4v) is 4.16. The van der Waals surface area contributed by atoms with Crippen LogP contribution < -0.4 is 4.90 Å². The van der Waals surface area contributed by atoms with Gasteiger partial charge >= 0.3 is 6.09 Å². The Hall–Kier alpha value is -1.95. The number of amides is 1. The number of hydrogen-bond acceptors (Lipinski definition) is 2. The van der Waals surface area contributed by atoms with E-state index in [-0.39, 0.29) is 10.5 Å². The molecule has 0 bridgehead atoms. The molecular weight excluding hydrogens is 428 g/mol. The van der Waals surface area contributed by atoms with Gasteiger partial charge in [0.1, 0.15) is 5.60 Å². The molecule has 1 unspecified atom stereocenters. The Morgan fingerprint density at radius 2 is 1.93 bits per heavy atom. The van der Waals surface area contributed by atoms with Crippen molar-refractivity contribution in [2.45, 2.75) is 58.1 Å². The third kappa shape index (κ3) is 4.54. The van der Waals surface area contributed by atoms with Gasteiger partial charge < -0.3 is 4.74 Å². The highest BCUT2D eigenvalue weighted by Crippen LogP contribution is 2.41. The average molecular weight is 452 g/mol. The fraction of sp³-hybridized carbons (Fsp3) is 0.409. The number of ether oxygens (including phenoxy) is 1. The van der Waals surface area contributed by atoms with Gasteiger partial charge in [-0.15, -0.1) is 0 Å². The molecule has 0 N–H and O–H groups in total. The molecule has 0 aliphatic carbocycles. The Labute approximate surface area is 172 Å². The summed E-state index contributed by atoms with van der Waals surface area (Å²) in [4.78, 5) is 14.5. The fourth-order valence-electron chi connectivity index (χ4n) is 3.52. The zero-order valence-electron chi connectivity index (χ0n) is 16.3. The van der Waals surface area contributed by atoms with Crippen LogP contribution >= 0.6 is 15.9 Å². The lowest BCUT2D eigenvalue weighted by molar-refractivity contribution is 0.0558. The normalized spacial score (nSPS) is 16.6. The number of nitrogens with zero attached hydrogens (tertiary/aromatic N) is 1. The molecule has 0 saturated heterocycles. The lowest BCUT2D eigenvalue weighted by atomic mass is 9.92. The maximum absolute atomic E-state index is 14.3. The highest BCUT2D eigenvalue weighted by molar-refractivity contribution is 9.10. The number of benzene rings is 2. The lowest BCUT2D eigenvalue weighted by Gasteiger charge is -2.39. The zero-order chi connectivity index (χ0) is 20.5. The van der Waals surface area contributed by atoms with Crippen LogP contribution in [0.2, 0.25) is 0 Å². The van der Waals surface area contributed by atoms with Crippen LogP contribution in [-0.2, 0) is 17.6 Å². The minimum absolute atomic E-state index is 0.0298. The molecule has 1 amide bonds. The van der Waals surface area contributed by atoms with Crippen molar-refractivity contribution < 1.29 is 18.3 Å². The maximum atomic E-state index is 14.3. The third-order valence-corrected chi connectivity index (χ3v) is 5.49. The average Bonchev–Trinajstić information content (AvgIpc) is 2.63. The van der Waals surface area contributed by atoms with Crippen molar-refractivity contribution in [1.29, 1.82) is 0 Å². The van der Waals surface area contributed by atoms with E-state index in [4.69, 9.17) is 4.74 Å². The van der Waals surface area contributed by atoms with Crippen LogP contribution in [0.25, 0.3) is 0 Å². The van der Waals surface area contributed by atoms with Crippen molar-refractivity contribution in [3.05, 3.63) is 63.6 Å². The molecule has 28 heavy (non-hydrogen) atoms. The van der Waals surface area contributed by atoms with Crippen LogP contribution in [0.5, 0.6) is 0 Å². The summed E-state index contributed by atoms with van der Waals surface area (Å²) in [6, 6.07) is 11.0. The van der Waals surface area contributed by atoms with Gasteiger partial charge in [0, 0.05) is 6.04 Å². The van der Waals surface area contributed by atoms with E-state index < -0.39 is 23.3 Å². The van der Waals surface area contributed by atoms with Gasteiger partial charge in [0.05, 0.1) is 10.2 Å². The molecule has 0 radical (unpaired) electrons. The topological polar surface area (TPSA) is 29.5 Å². The van der Waals surface area contributed by atoms with Gasteiger partial charge in [0.2, 0.25) is 0 Å². The summed E-state index contributed by atoms with van der Waals surface area (Å²) in [7, 11) is 0. The highest BCUT2D eigenvalue weighted by atomic mass is 79.9. The second kappa shape index (κ2) is 8.19. The van der Waals surface area contributed by atoms with Crippen molar-refractivity contribution in [3.8, 4) is 0 Å². The number of carbonyl (C=O) groups excluding carboxylic acids is 1. The first-order valence-corrected chi connectivity index (χ1v) is 10.2. The number of halogens is 3. The molecule has 1 heterocycles. The standard InChI is InChI=1S/C22H24BrF2NO2/c1-22(2,3)28-21(27)26-16(11-9-14-7-5-4-6-8-14)12-10-15-13-17(24)19(25)18(23)20(15)26/h4-8,13,16H,9-12H2,1-3H3. The Kier molecular flexibility index (Phi) is 6.08. The van der Waals surface area contributed by atoms with E-state index in [0.29, 0.717) is 30.5 Å². The van der Waals surface area contributed by atoms with E-state index in [1.165, 1.54) is 16.5 Å². The first-order valence-electron chi connectivity index (χ1n) is 9.40. The maximum Gasteiger partial charge on any atom is 0.415 e. The van der Waals surface area contributed by atoms with Crippen molar-refractivity contribution in [2.24, 2.45) is 0 Å². The molecule has 1 aliphatic heterocycles. The Morgan fingerprint density at radius 1 is 1.25 bits per heavy atom. The third-order valence-electron chi connectivity index (χ3n) is 4.77. The van der Waals surface area contributed by atoms with Gasteiger partial charge in [-0.3, -0.25) is 4.90 Å². The first kappa shape index (κ1) is 20.8. The lowest BCUT2D eigenvalue weighted by Crippen LogP contribution is -2.47. The van der Waals surface area contributed by atoms with Gasteiger partial charge in [-0.25, -0.2) is 13.6 Å². The van der Waals surface area contributed by atoms with E-state index in [1.54, 1.807) is 20.8 Å². The number of carbonyl (C=O) groups is 1. The van der Waals surface area contributed by atoms with E-state index in [9.17, 15) is 13.6 Å². The first-order chi connectivity index (χ1) is 13.2. The minimum Gasteiger partial charge on any atom is -0.443 e. The highest BCUT2D eigenvalue weighted by Gasteiger charge is 2.37. The predicted octanol–water partition coefficient (Wildman–Crippen LogP) is 6.42. The second-order valence-corrected chi connectivity index (χ2v) is 8.85. The van der Waals surface area contributed by atoms with Crippen LogP contribution in [0.1, 0.15) is 44.7 Å². The molecular formula is C22H24BrF2NO2.